The summed E-state index contributed by atoms with van der Waals surface area (Å²) in [5.74, 6) is -0.766. The number of benzene rings is 2. The fourth-order valence-corrected chi connectivity index (χ4v) is 3.57. The Labute approximate surface area is 143 Å². The molecule has 0 unspecified atom stereocenters. The van der Waals surface area contributed by atoms with Crippen LogP contribution in [0.5, 0.6) is 0 Å². The molecule has 0 saturated heterocycles. The van der Waals surface area contributed by atoms with Crippen LogP contribution in [0.4, 0.5) is 0 Å². The molecule has 1 heterocycles. The van der Waals surface area contributed by atoms with Gasteiger partial charge >= 0.3 is 11.4 Å². The first-order valence-corrected chi connectivity index (χ1v) is 9.12. The number of aryl methyl sites for hydroxylation is 1. The van der Waals surface area contributed by atoms with E-state index in [0.29, 0.717) is 12.1 Å². The van der Waals surface area contributed by atoms with Gasteiger partial charge in [0.25, 0.3) is 0 Å². The van der Waals surface area contributed by atoms with Crippen molar-refractivity contribution in [1.82, 2.24) is 9.29 Å². The van der Waals surface area contributed by atoms with Crippen LogP contribution in [0.2, 0.25) is 0 Å². The van der Waals surface area contributed by atoms with E-state index >= 15 is 0 Å². The molecule has 0 fully saturated rings. The lowest BCUT2D eigenvalue weighted by Gasteiger charge is -2.09. The molecule has 0 amide bonds. The molecule has 1 aromatic heterocycles. The van der Waals surface area contributed by atoms with E-state index in [4.69, 9.17) is 0 Å². The Morgan fingerprint density at radius 1 is 1.08 bits per heavy atom. The minimum absolute atomic E-state index is 0.0454. The molecule has 2 aromatic carbocycles. The van der Waals surface area contributed by atoms with Crippen molar-refractivity contribution in [3.8, 4) is 0 Å². The monoisotopic (exact) mass is 360 g/mol. The zero-order valence-corrected chi connectivity index (χ0v) is 14.2. The molecule has 0 aliphatic rings. The summed E-state index contributed by atoms with van der Waals surface area (Å²) in [6, 6.07) is 13.1. The van der Waals surface area contributed by atoms with Crippen molar-refractivity contribution < 1.29 is 12.8 Å². The minimum atomic E-state index is -3.81. The standard InChI is InChI=1S/C17H16N2O5S/c1-2-19-15-9-8-13(10-14(15)16(20)24-17(19)21)25(22,23)18-11-12-6-4-3-5-7-12/h3-10,18H,2,11H2,1H3. The number of nitrogens with one attached hydrogen (secondary N) is 1. The van der Waals surface area contributed by atoms with E-state index in [0.717, 1.165) is 5.56 Å². The lowest BCUT2D eigenvalue weighted by molar-refractivity contribution is 0.421. The fourth-order valence-electron chi connectivity index (χ4n) is 2.53. The van der Waals surface area contributed by atoms with Gasteiger partial charge in [-0.25, -0.2) is 22.7 Å². The summed E-state index contributed by atoms with van der Waals surface area (Å²) in [4.78, 5) is 23.6. The first-order valence-electron chi connectivity index (χ1n) is 7.63. The first kappa shape index (κ1) is 17.1. The molecule has 3 aromatic rings. The van der Waals surface area contributed by atoms with Crippen molar-refractivity contribution in [2.24, 2.45) is 0 Å². The van der Waals surface area contributed by atoms with Crippen LogP contribution >= 0.6 is 0 Å². The van der Waals surface area contributed by atoms with Gasteiger partial charge in [0.15, 0.2) is 0 Å². The van der Waals surface area contributed by atoms with Crippen LogP contribution in [0.3, 0.4) is 0 Å². The lowest BCUT2D eigenvalue weighted by Crippen LogP contribution is -2.26. The minimum Gasteiger partial charge on any atom is -0.372 e. The highest BCUT2D eigenvalue weighted by molar-refractivity contribution is 7.89. The predicted octanol–water partition coefficient (Wildman–Crippen LogP) is 1.45. The van der Waals surface area contributed by atoms with E-state index < -0.39 is 21.4 Å². The summed E-state index contributed by atoms with van der Waals surface area (Å²) < 4.78 is 33.3. The van der Waals surface area contributed by atoms with Crippen molar-refractivity contribution in [1.29, 1.82) is 0 Å². The molecule has 0 aliphatic carbocycles. The van der Waals surface area contributed by atoms with Crippen LogP contribution in [0, 0.1) is 0 Å². The molecule has 0 spiro atoms. The summed E-state index contributed by atoms with van der Waals surface area (Å²) in [6.45, 7) is 2.16. The second kappa shape index (κ2) is 6.66. The third-order valence-electron chi connectivity index (χ3n) is 3.81. The molecule has 25 heavy (non-hydrogen) atoms. The maximum Gasteiger partial charge on any atom is 0.422 e. The van der Waals surface area contributed by atoms with Gasteiger partial charge in [0.1, 0.15) is 0 Å². The Morgan fingerprint density at radius 3 is 2.48 bits per heavy atom. The van der Waals surface area contributed by atoms with E-state index in [1.165, 1.54) is 22.8 Å². The number of hydrogen-bond donors (Lipinski definition) is 1. The number of fused-ring (bicyclic) bond motifs is 1. The van der Waals surface area contributed by atoms with Crippen molar-refractivity contribution in [3.63, 3.8) is 0 Å². The highest BCUT2D eigenvalue weighted by Gasteiger charge is 2.17. The predicted molar refractivity (Wildman–Crippen MR) is 92.9 cm³/mol. The number of hydrogen-bond acceptors (Lipinski definition) is 5. The molecule has 8 heteroatoms. The summed E-state index contributed by atoms with van der Waals surface area (Å²) in [5.41, 5.74) is 0.293. The molecule has 7 nitrogen and oxygen atoms in total. The van der Waals surface area contributed by atoms with Gasteiger partial charge in [0.05, 0.1) is 15.8 Å². The number of nitrogens with zero attached hydrogens (tertiary/aromatic N) is 1. The number of sulfonamides is 1. The zero-order chi connectivity index (χ0) is 18.0. The van der Waals surface area contributed by atoms with Crippen LogP contribution in [0.1, 0.15) is 12.5 Å². The van der Waals surface area contributed by atoms with E-state index in [-0.39, 0.29) is 16.8 Å². The van der Waals surface area contributed by atoms with Gasteiger partial charge in [0, 0.05) is 13.1 Å². The van der Waals surface area contributed by atoms with E-state index in [1.807, 2.05) is 18.2 Å². The Morgan fingerprint density at radius 2 is 1.80 bits per heavy atom. The van der Waals surface area contributed by atoms with Gasteiger partial charge < -0.3 is 4.42 Å². The van der Waals surface area contributed by atoms with Crippen molar-refractivity contribution in [2.75, 3.05) is 0 Å². The van der Waals surface area contributed by atoms with Crippen molar-refractivity contribution in [2.45, 2.75) is 24.9 Å². The molecule has 130 valence electrons. The highest BCUT2D eigenvalue weighted by Crippen LogP contribution is 2.16. The fraction of sp³-hybridized carbons (Fsp3) is 0.176. The lowest BCUT2D eigenvalue weighted by atomic mass is 10.2. The van der Waals surface area contributed by atoms with Crippen LogP contribution in [-0.4, -0.2) is 13.0 Å². The smallest absolute Gasteiger partial charge is 0.372 e. The van der Waals surface area contributed by atoms with Crippen LogP contribution in [-0.2, 0) is 23.1 Å². The second-order valence-electron chi connectivity index (χ2n) is 5.39. The van der Waals surface area contributed by atoms with E-state index in [9.17, 15) is 18.0 Å². The average molecular weight is 360 g/mol. The Balaban J connectivity index is 2.01. The van der Waals surface area contributed by atoms with Crippen LogP contribution < -0.4 is 16.1 Å². The normalized spacial score (nSPS) is 11.7. The quantitative estimate of drug-likeness (QED) is 0.743. The molecule has 0 radical (unpaired) electrons. The third kappa shape index (κ3) is 3.40. The Bertz CT molecular complexity index is 1130. The van der Waals surface area contributed by atoms with Gasteiger partial charge in [-0.05, 0) is 30.7 Å². The van der Waals surface area contributed by atoms with Gasteiger partial charge in [-0.1, -0.05) is 30.3 Å². The average Bonchev–Trinajstić information content (AvgIpc) is 2.61. The second-order valence-corrected chi connectivity index (χ2v) is 7.16. The molecule has 0 aliphatic heterocycles. The van der Waals surface area contributed by atoms with Gasteiger partial charge in [-0.15, -0.1) is 0 Å². The zero-order valence-electron chi connectivity index (χ0n) is 13.4. The third-order valence-corrected chi connectivity index (χ3v) is 5.21. The van der Waals surface area contributed by atoms with Crippen LogP contribution in [0.15, 0.2) is 67.4 Å². The summed E-state index contributed by atoms with van der Waals surface area (Å²) >= 11 is 0. The number of aromatic nitrogens is 1. The maximum absolute atomic E-state index is 12.5. The highest BCUT2D eigenvalue weighted by atomic mass is 32.2. The molecule has 0 saturated carbocycles. The van der Waals surface area contributed by atoms with Crippen molar-refractivity contribution in [3.05, 3.63) is 75.1 Å². The van der Waals surface area contributed by atoms with E-state index in [2.05, 4.69) is 9.14 Å². The summed E-state index contributed by atoms with van der Waals surface area (Å²) in [6.07, 6.45) is 0. The van der Waals surface area contributed by atoms with Crippen molar-refractivity contribution >= 4 is 20.9 Å². The van der Waals surface area contributed by atoms with Gasteiger partial charge in [-0.2, -0.15) is 0 Å². The van der Waals surface area contributed by atoms with Gasteiger partial charge in [0.2, 0.25) is 10.0 Å². The SMILES string of the molecule is CCn1c(=O)oc(=O)c2cc(S(=O)(=O)NCc3ccccc3)ccc21. The summed E-state index contributed by atoms with van der Waals surface area (Å²) in [7, 11) is -3.81. The Kier molecular flexibility index (Phi) is 4.56. The van der Waals surface area contributed by atoms with Crippen LogP contribution in [0.25, 0.3) is 10.9 Å². The maximum atomic E-state index is 12.5. The largest absolute Gasteiger partial charge is 0.422 e. The molecule has 0 bridgehead atoms. The molecule has 1 N–H and O–H groups in total. The topological polar surface area (TPSA) is 98.4 Å². The van der Waals surface area contributed by atoms with E-state index in [1.54, 1.807) is 19.1 Å². The molecular formula is C17H16N2O5S. The number of rotatable bonds is 5. The first-order chi connectivity index (χ1) is 11.9. The summed E-state index contributed by atoms with van der Waals surface area (Å²) in [5, 5.41) is 0.0454. The Hall–Kier alpha value is -2.71. The molecular weight excluding hydrogens is 344 g/mol. The molecule has 3 rings (SSSR count). The van der Waals surface area contributed by atoms with Gasteiger partial charge in [-0.3, -0.25) is 4.57 Å². The molecule has 0 atom stereocenters.